The van der Waals surface area contributed by atoms with Gasteiger partial charge < -0.3 is 9.53 Å². The first-order valence-electron chi connectivity index (χ1n) is 3.06. The van der Waals surface area contributed by atoms with Crippen LogP contribution >= 0.6 is 0 Å². The first-order valence-corrected chi connectivity index (χ1v) is 3.06. The molecule has 50 valence electrons. The van der Waals surface area contributed by atoms with Crippen molar-refractivity contribution >= 4 is 6.29 Å². The molecule has 1 aliphatic rings. The van der Waals surface area contributed by atoms with Crippen molar-refractivity contribution in [3.05, 3.63) is 12.7 Å². The van der Waals surface area contributed by atoms with Gasteiger partial charge in [0.05, 0.1) is 6.61 Å². The molecule has 0 aromatic carbocycles. The summed E-state index contributed by atoms with van der Waals surface area (Å²) in [7, 11) is 0. The molecule has 2 nitrogen and oxygen atoms in total. The number of ether oxygens (including phenoxy) is 1. The Bertz CT molecular complexity index is 106. The topological polar surface area (TPSA) is 26.3 Å². The first kappa shape index (κ1) is 6.49. The van der Waals surface area contributed by atoms with Gasteiger partial charge in [-0.3, -0.25) is 0 Å². The molecule has 0 amide bonds. The fourth-order valence-corrected chi connectivity index (χ4v) is 0.941. The van der Waals surface area contributed by atoms with Gasteiger partial charge in [0.1, 0.15) is 12.4 Å². The molecule has 1 saturated heterocycles. The lowest BCUT2D eigenvalue weighted by Gasteiger charge is -1.94. The third-order valence-electron chi connectivity index (χ3n) is 1.54. The molecule has 0 aliphatic carbocycles. The molecule has 2 atom stereocenters. The zero-order valence-electron chi connectivity index (χ0n) is 5.25. The van der Waals surface area contributed by atoms with Crippen LogP contribution in [0.3, 0.4) is 0 Å². The molecular formula is C7H10O2. The number of hydrogen-bond donors (Lipinski definition) is 0. The minimum atomic E-state index is -0.173. The number of carbonyl (C=O) groups is 1. The normalized spacial score (nSPS) is 34.2. The summed E-state index contributed by atoms with van der Waals surface area (Å²) in [5.41, 5.74) is 0. The Morgan fingerprint density at radius 2 is 2.44 bits per heavy atom. The number of rotatable bonds is 2. The van der Waals surface area contributed by atoms with Crippen LogP contribution in [0, 0.1) is 5.92 Å². The van der Waals surface area contributed by atoms with Crippen LogP contribution in [0.25, 0.3) is 0 Å². The quantitative estimate of drug-likeness (QED) is 0.403. The predicted octanol–water partition coefficient (Wildman–Crippen LogP) is 0.776. The van der Waals surface area contributed by atoms with E-state index in [9.17, 15) is 4.79 Å². The molecule has 1 aliphatic heterocycles. The van der Waals surface area contributed by atoms with E-state index in [2.05, 4.69) is 6.58 Å². The largest absolute Gasteiger partial charge is 0.370 e. The summed E-state index contributed by atoms with van der Waals surface area (Å²) >= 11 is 0. The van der Waals surface area contributed by atoms with Gasteiger partial charge in [-0.15, -0.1) is 6.58 Å². The van der Waals surface area contributed by atoms with Gasteiger partial charge >= 0.3 is 0 Å². The van der Waals surface area contributed by atoms with Gasteiger partial charge in [0.25, 0.3) is 0 Å². The third-order valence-corrected chi connectivity index (χ3v) is 1.54. The highest BCUT2D eigenvalue weighted by atomic mass is 16.5. The van der Waals surface area contributed by atoms with Gasteiger partial charge in [0.15, 0.2) is 0 Å². The van der Waals surface area contributed by atoms with Crippen LogP contribution in [-0.2, 0) is 9.53 Å². The number of hydrogen-bond acceptors (Lipinski definition) is 2. The molecule has 9 heavy (non-hydrogen) atoms. The van der Waals surface area contributed by atoms with Gasteiger partial charge in [-0.05, 0) is 6.42 Å². The molecule has 1 fully saturated rings. The Balaban J connectivity index is 2.36. The van der Waals surface area contributed by atoms with E-state index >= 15 is 0 Å². The Hall–Kier alpha value is -0.630. The van der Waals surface area contributed by atoms with Crippen molar-refractivity contribution in [3.8, 4) is 0 Å². The summed E-state index contributed by atoms with van der Waals surface area (Å²) in [6.07, 6.45) is 3.33. The van der Waals surface area contributed by atoms with Crippen LogP contribution in [0.2, 0.25) is 0 Å². The van der Waals surface area contributed by atoms with Crippen molar-refractivity contribution in [3.63, 3.8) is 0 Å². The molecule has 0 radical (unpaired) electrons. The van der Waals surface area contributed by atoms with Crippen molar-refractivity contribution < 1.29 is 9.53 Å². The van der Waals surface area contributed by atoms with Gasteiger partial charge in [-0.25, -0.2) is 0 Å². The molecule has 1 rings (SSSR count). The molecule has 0 aromatic heterocycles. The summed E-state index contributed by atoms with van der Waals surface area (Å²) < 4.78 is 5.07. The van der Waals surface area contributed by atoms with Crippen LogP contribution in [0.4, 0.5) is 0 Å². The van der Waals surface area contributed by atoms with E-state index in [4.69, 9.17) is 4.74 Å². The SMILES string of the molecule is C=C[C@@H]1COC(C=O)C1. The second kappa shape index (κ2) is 2.78. The standard InChI is InChI=1S/C7H10O2/c1-2-6-3-7(4-8)9-5-6/h2,4,6-7H,1,3,5H2/t6-,7?/m0/s1. The molecule has 0 bridgehead atoms. The highest BCUT2D eigenvalue weighted by Crippen LogP contribution is 2.18. The fourth-order valence-electron chi connectivity index (χ4n) is 0.941. The Labute approximate surface area is 54.5 Å². The zero-order chi connectivity index (χ0) is 6.69. The average Bonchev–Trinajstić information content (AvgIpc) is 2.34. The molecule has 0 aromatic rings. The molecule has 0 saturated carbocycles. The lowest BCUT2D eigenvalue weighted by molar-refractivity contribution is -0.115. The second-order valence-electron chi connectivity index (χ2n) is 2.24. The van der Waals surface area contributed by atoms with Crippen LogP contribution in [0.15, 0.2) is 12.7 Å². The van der Waals surface area contributed by atoms with Crippen LogP contribution in [-0.4, -0.2) is 19.0 Å². The number of aldehydes is 1. The molecular weight excluding hydrogens is 116 g/mol. The van der Waals surface area contributed by atoms with E-state index < -0.39 is 0 Å². The summed E-state index contributed by atoms with van der Waals surface area (Å²) in [5, 5.41) is 0. The minimum absolute atomic E-state index is 0.173. The highest BCUT2D eigenvalue weighted by molar-refractivity contribution is 5.56. The smallest absolute Gasteiger partial charge is 0.148 e. The van der Waals surface area contributed by atoms with E-state index in [0.717, 1.165) is 12.7 Å². The van der Waals surface area contributed by atoms with Crippen LogP contribution in [0.1, 0.15) is 6.42 Å². The van der Waals surface area contributed by atoms with Crippen molar-refractivity contribution in [2.75, 3.05) is 6.61 Å². The molecule has 0 N–H and O–H groups in total. The maximum atomic E-state index is 10.1. The lowest BCUT2D eigenvalue weighted by atomic mass is 10.1. The summed E-state index contributed by atoms with van der Waals surface area (Å²) in [6.45, 7) is 4.28. The summed E-state index contributed by atoms with van der Waals surface area (Å²) in [5.74, 6) is 0.389. The van der Waals surface area contributed by atoms with Crippen LogP contribution in [0.5, 0.6) is 0 Å². The Morgan fingerprint density at radius 3 is 2.78 bits per heavy atom. The van der Waals surface area contributed by atoms with E-state index in [1.807, 2.05) is 6.08 Å². The van der Waals surface area contributed by atoms with Crippen molar-refractivity contribution in [1.82, 2.24) is 0 Å². The van der Waals surface area contributed by atoms with Crippen molar-refractivity contribution in [1.29, 1.82) is 0 Å². The molecule has 1 heterocycles. The van der Waals surface area contributed by atoms with E-state index in [0.29, 0.717) is 12.5 Å². The Morgan fingerprint density at radius 1 is 1.67 bits per heavy atom. The van der Waals surface area contributed by atoms with Gasteiger partial charge in [-0.2, -0.15) is 0 Å². The molecule has 2 heteroatoms. The summed E-state index contributed by atoms with van der Waals surface area (Å²) in [6, 6.07) is 0. The second-order valence-corrected chi connectivity index (χ2v) is 2.24. The van der Waals surface area contributed by atoms with Crippen molar-refractivity contribution in [2.24, 2.45) is 5.92 Å². The van der Waals surface area contributed by atoms with E-state index in [1.54, 1.807) is 0 Å². The van der Waals surface area contributed by atoms with Crippen molar-refractivity contribution in [2.45, 2.75) is 12.5 Å². The van der Waals surface area contributed by atoms with Gasteiger partial charge in [0.2, 0.25) is 0 Å². The highest BCUT2D eigenvalue weighted by Gasteiger charge is 2.21. The summed E-state index contributed by atoms with van der Waals surface area (Å²) in [4.78, 5) is 10.1. The monoisotopic (exact) mass is 126 g/mol. The fraction of sp³-hybridized carbons (Fsp3) is 0.571. The molecule has 0 spiro atoms. The lowest BCUT2D eigenvalue weighted by Crippen LogP contribution is -2.04. The Kier molecular flexibility index (Phi) is 2.01. The van der Waals surface area contributed by atoms with E-state index in [1.165, 1.54) is 0 Å². The van der Waals surface area contributed by atoms with E-state index in [-0.39, 0.29) is 6.10 Å². The van der Waals surface area contributed by atoms with Crippen LogP contribution < -0.4 is 0 Å². The maximum absolute atomic E-state index is 10.1. The predicted molar refractivity (Wildman–Crippen MR) is 34.1 cm³/mol. The molecule has 1 unspecified atom stereocenters. The average molecular weight is 126 g/mol. The maximum Gasteiger partial charge on any atom is 0.148 e. The third kappa shape index (κ3) is 1.39. The van der Waals surface area contributed by atoms with Gasteiger partial charge in [-0.1, -0.05) is 6.08 Å². The van der Waals surface area contributed by atoms with Gasteiger partial charge in [0, 0.05) is 5.92 Å². The first-order chi connectivity index (χ1) is 4.36. The minimum Gasteiger partial charge on any atom is -0.370 e. The zero-order valence-corrected chi connectivity index (χ0v) is 5.25. The number of carbonyl (C=O) groups excluding carboxylic acids is 1.